The fourth-order valence-electron chi connectivity index (χ4n) is 5.94. The summed E-state index contributed by atoms with van der Waals surface area (Å²) in [6, 6.07) is 17.1. The van der Waals surface area contributed by atoms with Gasteiger partial charge in [-0.3, -0.25) is 0 Å². The van der Waals surface area contributed by atoms with E-state index in [1.54, 1.807) is 43.5 Å². The number of imidazole rings is 1. The van der Waals surface area contributed by atoms with Crippen LogP contribution in [0.25, 0.3) is 22.3 Å². The number of hydrogen-bond acceptors (Lipinski definition) is 8. The van der Waals surface area contributed by atoms with E-state index in [9.17, 15) is 9.90 Å². The summed E-state index contributed by atoms with van der Waals surface area (Å²) in [4.78, 5) is 21.7. The van der Waals surface area contributed by atoms with Crippen molar-refractivity contribution >= 4 is 28.6 Å². The number of aromatic carboxylic acids is 1. The number of aromatic nitrogens is 3. The van der Waals surface area contributed by atoms with E-state index in [1.165, 1.54) is 12.1 Å². The average molecular weight is 674 g/mol. The van der Waals surface area contributed by atoms with Crippen LogP contribution in [0.15, 0.2) is 60.7 Å². The minimum absolute atomic E-state index is 0.0589. The lowest BCUT2D eigenvalue weighted by Crippen LogP contribution is -2.31. The molecule has 0 saturated carbocycles. The monoisotopic (exact) mass is 673 g/mol. The van der Waals surface area contributed by atoms with Crippen molar-refractivity contribution < 1.29 is 38.0 Å². The third-order valence-corrected chi connectivity index (χ3v) is 8.80. The van der Waals surface area contributed by atoms with Gasteiger partial charge in [-0.25, -0.2) is 19.2 Å². The highest BCUT2D eigenvalue weighted by molar-refractivity contribution is 6.30. The van der Waals surface area contributed by atoms with Gasteiger partial charge in [0.1, 0.15) is 36.1 Å². The Morgan fingerprint density at radius 3 is 2.69 bits per heavy atom. The van der Waals surface area contributed by atoms with Gasteiger partial charge in [0.25, 0.3) is 0 Å². The summed E-state index contributed by atoms with van der Waals surface area (Å²) in [5, 5.41) is 10.5. The summed E-state index contributed by atoms with van der Waals surface area (Å²) >= 11 is 6.33. The summed E-state index contributed by atoms with van der Waals surface area (Å²) in [5.74, 6) is -0.233. The maximum absolute atomic E-state index is 16.0. The Balaban J connectivity index is 1.32. The maximum Gasteiger partial charge on any atom is 0.335 e. The molecule has 2 aromatic heterocycles. The van der Waals surface area contributed by atoms with E-state index < -0.39 is 11.8 Å². The van der Waals surface area contributed by atoms with Crippen LogP contribution in [-0.4, -0.2) is 58.6 Å². The normalized spacial score (nSPS) is 15.8. The SMILES string of the molecule is COCCOc1cc(C(=O)O)cc2c1nc(Cc1cc(F)c3cc1COCc1cc(Cl)ccc1COc1cccc-3n1)n2C[C@@H]1CCO1. The number of rotatable bonds is 9. The van der Waals surface area contributed by atoms with E-state index in [0.717, 1.165) is 23.1 Å². The molecular weight excluding hydrogens is 641 g/mol. The third kappa shape index (κ3) is 6.72. The largest absolute Gasteiger partial charge is 0.489 e. The number of pyridine rings is 1. The topological polar surface area (TPSA) is 114 Å². The first-order valence-corrected chi connectivity index (χ1v) is 16.0. The van der Waals surface area contributed by atoms with Crippen molar-refractivity contribution in [1.29, 1.82) is 0 Å². The second-order valence-corrected chi connectivity index (χ2v) is 12.2. The predicted molar refractivity (Wildman–Crippen MR) is 175 cm³/mol. The third-order valence-electron chi connectivity index (χ3n) is 8.57. The average Bonchev–Trinajstić information content (AvgIpc) is 3.40. The first-order valence-electron chi connectivity index (χ1n) is 15.6. The zero-order valence-corrected chi connectivity index (χ0v) is 27.0. The molecule has 48 heavy (non-hydrogen) atoms. The number of benzene rings is 3. The van der Waals surface area contributed by atoms with E-state index in [0.29, 0.717) is 70.1 Å². The van der Waals surface area contributed by atoms with Crippen LogP contribution in [0, 0.1) is 5.82 Å². The number of carbonyl (C=O) groups is 1. The van der Waals surface area contributed by atoms with Gasteiger partial charge in [-0.15, -0.1) is 0 Å². The van der Waals surface area contributed by atoms with Crippen LogP contribution >= 0.6 is 11.6 Å². The predicted octanol–water partition coefficient (Wildman–Crippen LogP) is 6.60. The molecule has 5 aromatic rings. The summed E-state index contributed by atoms with van der Waals surface area (Å²) in [7, 11) is 1.56. The van der Waals surface area contributed by atoms with Gasteiger partial charge in [-0.05, 0) is 71.1 Å². The summed E-state index contributed by atoms with van der Waals surface area (Å²) in [6.07, 6.45) is 1.03. The van der Waals surface area contributed by atoms with Gasteiger partial charge in [0.05, 0.1) is 49.2 Å². The molecule has 0 aliphatic carbocycles. The molecule has 1 fully saturated rings. The van der Waals surface area contributed by atoms with E-state index in [4.69, 9.17) is 40.3 Å². The lowest BCUT2D eigenvalue weighted by molar-refractivity contribution is -0.0589. The molecule has 2 aliphatic rings. The van der Waals surface area contributed by atoms with Crippen molar-refractivity contribution in [3.8, 4) is 22.9 Å². The molecule has 1 N–H and O–H groups in total. The first-order chi connectivity index (χ1) is 23.4. The Morgan fingerprint density at radius 2 is 1.90 bits per heavy atom. The number of methoxy groups -OCH3 is 1. The highest BCUT2D eigenvalue weighted by atomic mass is 35.5. The molecule has 0 amide bonds. The van der Waals surface area contributed by atoms with Gasteiger partial charge in [-0.2, -0.15) is 0 Å². The number of carboxylic acid groups (broad SMARTS) is 1. The van der Waals surface area contributed by atoms with Crippen molar-refractivity contribution in [1.82, 2.24) is 14.5 Å². The van der Waals surface area contributed by atoms with E-state index in [2.05, 4.69) is 4.98 Å². The van der Waals surface area contributed by atoms with Gasteiger partial charge in [0, 0.05) is 36.8 Å². The molecule has 4 heterocycles. The number of fused-ring (bicyclic) bond motifs is 7. The van der Waals surface area contributed by atoms with Crippen molar-refractivity contribution in [2.45, 2.75) is 45.3 Å². The Labute approximate surface area is 281 Å². The fourth-order valence-corrected chi connectivity index (χ4v) is 6.14. The lowest BCUT2D eigenvalue weighted by atomic mass is 9.99. The molecule has 0 spiro atoms. The van der Waals surface area contributed by atoms with Crippen LogP contribution in [0.2, 0.25) is 5.02 Å². The highest BCUT2D eigenvalue weighted by Gasteiger charge is 2.25. The van der Waals surface area contributed by atoms with Crippen molar-refractivity contribution in [2.75, 3.05) is 26.9 Å². The Bertz CT molecular complexity index is 1990. The van der Waals surface area contributed by atoms with Gasteiger partial charge in [0.15, 0.2) is 0 Å². The van der Waals surface area contributed by atoms with Gasteiger partial charge >= 0.3 is 5.97 Å². The molecule has 2 aliphatic heterocycles. The molecule has 0 radical (unpaired) electrons. The Hall–Kier alpha value is -4.55. The number of nitrogens with zero attached hydrogens (tertiary/aromatic N) is 3. The zero-order valence-electron chi connectivity index (χ0n) is 26.2. The van der Waals surface area contributed by atoms with E-state index in [1.807, 2.05) is 16.7 Å². The summed E-state index contributed by atoms with van der Waals surface area (Å²) in [5.41, 5.74) is 5.11. The molecule has 10 nitrogen and oxygen atoms in total. The van der Waals surface area contributed by atoms with Crippen LogP contribution in [0.4, 0.5) is 4.39 Å². The first kappa shape index (κ1) is 32.0. The minimum atomic E-state index is -1.09. The van der Waals surface area contributed by atoms with E-state index in [-0.39, 0.29) is 44.5 Å². The summed E-state index contributed by atoms with van der Waals surface area (Å²) in [6.45, 7) is 2.32. The number of halogens is 2. The smallest absolute Gasteiger partial charge is 0.335 e. The second kappa shape index (κ2) is 13.9. The van der Waals surface area contributed by atoms with Gasteiger partial charge in [0.2, 0.25) is 5.88 Å². The Kier molecular flexibility index (Phi) is 9.27. The summed E-state index contributed by atoms with van der Waals surface area (Å²) < 4.78 is 47.0. The molecule has 248 valence electrons. The molecule has 3 aromatic carbocycles. The molecule has 0 unspecified atom stereocenters. The Morgan fingerprint density at radius 1 is 1.04 bits per heavy atom. The number of ether oxygens (including phenoxy) is 5. The van der Waals surface area contributed by atoms with Crippen molar-refractivity contribution in [2.24, 2.45) is 0 Å². The van der Waals surface area contributed by atoms with Gasteiger partial charge in [-0.1, -0.05) is 23.7 Å². The van der Waals surface area contributed by atoms with Crippen molar-refractivity contribution in [3.63, 3.8) is 0 Å². The molecular formula is C36H33ClFN3O7. The van der Waals surface area contributed by atoms with Crippen molar-refractivity contribution in [3.05, 3.63) is 105 Å². The minimum Gasteiger partial charge on any atom is -0.489 e. The number of hydrogen-bond donors (Lipinski definition) is 1. The van der Waals surface area contributed by atoms with E-state index >= 15 is 4.39 Å². The molecule has 12 heteroatoms. The van der Waals surface area contributed by atoms with Gasteiger partial charge < -0.3 is 33.4 Å². The van der Waals surface area contributed by atoms with Crippen LogP contribution in [0.5, 0.6) is 11.6 Å². The lowest BCUT2D eigenvalue weighted by Gasteiger charge is -2.27. The molecule has 7 rings (SSSR count). The molecule has 1 saturated heterocycles. The van der Waals surface area contributed by atoms with Crippen LogP contribution in [0.3, 0.4) is 0 Å². The highest BCUT2D eigenvalue weighted by Crippen LogP contribution is 2.33. The number of carboxylic acids is 1. The molecule has 4 bridgehead atoms. The van der Waals surface area contributed by atoms with Crippen LogP contribution < -0.4 is 9.47 Å². The van der Waals surface area contributed by atoms with Crippen LogP contribution in [0.1, 0.15) is 44.9 Å². The quantitative estimate of drug-likeness (QED) is 0.173. The fraction of sp³-hybridized carbons (Fsp3) is 0.306. The zero-order chi connectivity index (χ0) is 33.2. The standard InChI is InChI=1S/C36H33ClFN3O7/c1-44-9-10-47-32-15-23(36(42)43)14-31-35(32)40-33(41(31)17-27-7-8-46-27)16-22-13-29(38)28-12-25(22)19-45-18-24-11-26(37)6-5-21(24)20-48-34-4-2-3-30(28)39-34/h2-6,11-15,27H,7-10,16-20H2,1H3,(H,42,43)/t27-/m0/s1. The maximum atomic E-state index is 16.0. The van der Waals surface area contributed by atoms with Crippen LogP contribution in [-0.2, 0) is 47.0 Å². The molecule has 1 atom stereocenters. The second-order valence-electron chi connectivity index (χ2n) is 11.7.